The molecule has 1 aliphatic rings. The average Bonchev–Trinajstić information content (AvgIpc) is 2.60. The summed E-state index contributed by atoms with van der Waals surface area (Å²) < 4.78 is 0. The van der Waals surface area contributed by atoms with Crippen LogP contribution in [0.3, 0.4) is 0 Å². The maximum absolute atomic E-state index is 6.28. The van der Waals surface area contributed by atoms with Gasteiger partial charge in [-0.25, -0.2) is 0 Å². The molecule has 0 radical (unpaired) electrons. The zero-order chi connectivity index (χ0) is 13.0. The maximum atomic E-state index is 6.28. The van der Waals surface area contributed by atoms with Gasteiger partial charge in [0.05, 0.1) is 11.0 Å². The van der Waals surface area contributed by atoms with Gasteiger partial charge in [0.25, 0.3) is 0 Å². The van der Waals surface area contributed by atoms with Gasteiger partial charge in [-0.1, -0.05) is 54.9 Å². The van der Waals surface area contributed by atoms with Gasteiger partial charge in [0.1, 0.15) is 0 Å². The monoisotopic (exact) mass is 282 g/mol. The van der Waals surface area contributed by atoms with Crippen molar-refractivity contribution in [2.75, 3.05) is 13.1 Å². The molecule has 18 heavy (non-hydrogen) atoms. The molecule has 0 aromatic heterocycles. The van der Waals surface area contributed by atoms with E-state index >= 15 is 0 Å². The number of benzene rings is 1. The highest BCUT2D eigenvalue weighted by atomic mass is 35.5. The number of hydrogen-bond acceptors (Lipinski definition) is 2. The molecule has 4 heteroatoms. The molecule has 0 saturated carbocycles. The van der Waals surface area contributed by atoms with Crippen molar-refractivity contribution in [1.82, 2.24) is 4.90 Å². The van der Waals surface area contributed by atoms with Gasteiger partial charge in [0.2, 0.25) is 0 Å². The second kappa shape index (κ2) is 6.50. The lowest BCUT2D eigenvalue weighted by molar-refractivity contribution is 0.255. The van der Waals surface area contributed by atoms with Crippen LogP contribution in [0.5, 0.6) is 0 Å². The van der Waals surface area contributed by atoms with E-state index in [9.17, 15) is 0 Å². The fraction of sp³-hybridized carbons (Fsp3) is 0.500. The number of halogens is 1. The van der Waals surface area contributed by atoms with E-state index in [1.54, 1.807) is 0 Å². The van der Waals surface area contributed by atoms with Crippen molar-refractivity contribution in [2.24, 2.45) is 5.73 Å². The van der Waals surface area contributed by atoms with Gasteiger partial charge in [-0.3, -0.25) is 4.90 Å². The molecule has 1 aromatic rings. The standard InChI is InChI=1S/C14H19ClN2S/c15-12-8-4-3-7-11(12)13(14(16)18)17-9-5-1-2-6-10-17/h3-4,7-8,13H,1-2,5-6,9-10H2,(H2,16,18). The first-order valence-corrected chi connectivity index (χ1v) is 7.26. The molecule has 0 spiro atoms. The third-order valence-electron chi connectivity index (χ3n) is 3.48. The van der Waals surface area contributed by atoms with Crippen molar-refractivity contribution in [3.05, 3.63) is 34.9 Å². The molecule has 98 valence electrons. The number of rotatable bonds is 3. The second-order valence-electron chi connectivity index (χ2n) is 4.78. The minimum atomic E-state index is -0.0215. The third-order valence-corrected chi connectivity index (χ3v) is 4.04. The molecule has 0 bridgehead atoms. The first kappa shape index (κ1) is 13.8. The van der Waals surface area contributed by atoms with Crippen molar-refractivity contribution in [3.63, 3.8) is 0 Å². The minimum absolute atomic E-state index is 0.0215. The highest BCUT2D eigenvalue weighted by Crippen LogP contribution is 2.29. The van der Waals surface area contributed by atoms with Crippen molar-refractivity contribution in [1.29, 1.82) is 0 Å². The van der Waals surface area contributed by atoms with Gasteiger partial charge < -0.3 is 5.73 Å². The smallest absolute Gasteiger partial charge is 0.0948 e. The summed E-state index contributed by atoms with van der Waals surface area (Å²) in [4.78, 5) is 2.89. The largest absolute Gasteiger partial charge is 0.392 e. The Hall–Kier alpha value is -0.640. The number of likely N-dealkylation sites (tertiary alicyclic amines) is 1. The fourth-order valence-corrected chi connectivity index (χ4v) is 3.10. The molecule has 1 atom stereocenters. The van der Waals surface area contributed by atoms with Crippen LogP contribution in [0.25, 0.3) is 0 Å². The predicted molar refractivity (Wildman–Crippen MR) is 81.0 cm³/mol. The van der Waals surface area contributed by atoms with Crippen LogP contribution in [0.15, 0.2) is 24.3 Å². The molecule has 2 N–H and O–H groups in total. The van der Waals surface area contributed by atoms with E-state index in [1.807, 2.05) is 24.3 Å². The van der Waals surface area contributed by atoms with Crippen LogP contribution in [-0.2, 0) is 0 Å². The quantitative estimate of drug-likeness (QED) is 0.860. The van der Waals surface area contributed by atoms with Gasteiger partial charge in [-0.2, -0.15) is 0 Å². The van der Waals surface area contributed by atoms with Crippen LogP contribution in [0, 0.1) is 0 Å². The number of nitrogens with two attached hydrogens (primary N) is 1. The van der Waals surface area contributed by atoms with Crippen molar-refractivity contribution >= 4 is 28.8 Å². The molecule has 1 saturated heterocycles. The van der Waals surface area contributed by atoms with E-state index in [4.69, 9.17) is 29.6 Å². The van der Waals surface area contributed by atoms with Crippen LogP contribution < -0.4 is 5.73 Å². The molecule has 1 aliphatic heterocycles. The molecular weight excluding hydrogens is 264 g/mol. The van der Waals surface area contributed by atoms with Crippen LogP contribution in [0.1, 0.15) is 37.3 Å². The molecule has 0 amide bonds. The molecule has 2 rings (SSSR count). The third kappa shape index (κ3) is 3.22. The SMILES string of the molecule is NC(=S)C(c1ccccc1Cl)N1CCCCCC1. The Kier molecular flexibility index (Phi) is 4.98. The number of thiocarbonyl (C=S) groups is 1. The molecule has 0 aliphatic carbocycles. The highest BCUT2D eigenvalue weighted by Gasteiger charge is 2.25. The average molecular weight is 283 g/mol. The van der Waals surface area contributed by atoms with Gasteiger partial charge >= 0.3 is 0 Å². The van der Waals surface area contributed by atoms with Crippen LogP contribution in [0.4, 0.5) is 0 Å². The summed E-state index contributed by atoms with van der Waals surface area (Å²) in [5, 5.41) is 0.750. The van der Waals surface area contributed by atoms with Gasteiger partial charge in [-0.05, 0) is 37.6 Å². The first-order chi connectivity index (χ1) is 8.70. The number of nitrogens with zero attached hydrogens (tertiary/aromatic N) is 1. The topological polar surface area (TPSA) is 29.3 Å². The highest BCUT2D eigenvalue weighted by molar-refractivity contribution is 7.80. The lowest BCUT2D eigenvalue weighted by Gasteiger charge is -2.30. The molecule has 1 heterocycles. The lowest BCUT2D eigenvalue weighted by Crippen LogP contribution is -2.37. The molecule has 2 nitrogen and oxygen atoms in total. The molecule has 1 unspecified atom stereocenters. The van der Waals surface area contributed by atoms with E-state index in [0.29, 0.717) is 4.99 Å². The normalized spacial score (nSPS) is 19.2. The summed E-state index contributed by atoms with van der Waals surface area (Å²) >= 11 is 11.5. The predicted octanol–water partition coefficient (Wildman–Crippen LogP) is 3.54. The van der Waals surface area contributed by atoms with Gasteiger partial charge in [-0.15, -0.1) is 0 Å². The van der Waals surface area contributed by atoms with Crippen LogP contribution >= 0.6 is 23.8 Å². The summed E-state index contributed by atoms with van der Waals surface area (Å²) in [5.74, 6) is 0. The summed E-state index contributed by atoms with van der Waals surface area (Å²) in [6.45, 7) is 2.10. The Labute approximate surface area is 119 Å². The minimum Gasteiger partial charge on any atom is -0.392 e. The van der Waals surface area contributed by atoms with Crippen molar-refractivity contribution in [3.8, 4) is 0 Å². The van der Waals surface area contributed by atoms with Crippen LogP contribution in [-0.4, -0.2) is 23.0 Å². The van der Waals surface area contributed by atoms with E-state index in [1.165, 1.54) is 25.7 Å². The summed E-state index contributed by atoms with van der Waals surface area (Å²) in [6, 6.07) is 7.83. The Balaban J connectivity index is 2.27. The molecule has 1 fully saturated rings. The molecular formula is C14H19ClN2S. The van der Waals surface area contributed by atoms with Crippen molar-refractivity contribution in [2.45, 2.75) is 31.7 Å². The summed E-state index contributed by atoms with van der Waals surface area (Å²) in [6.07, 6.45) is 5.01. The van der Waals surface area contributed by atoms with E-state index < -0.39 is 0 Å². The first-order valence-electron chi connectivity index (χ1n) is 6.48. The maximum Gasteiger partial charge on any atom is 0.0948 e. The summed E-state index contributed by atoms with van der Waals surface area (Å²) in [5.41, 5.74) is 6.99. The van der Waals surface area contributed by atoms with Gasteiger partial charge in [0, 0.05) is 5.02 Å². The Morgan fingerprint density at radius 2 is 1.78 bits per heavy atom. The molecule has 1 aromatic carbocycles. The van der Waals surface area contributed by atoms with Crippen LogP contribution in [0.2, 0.25) is 5.02 Å². The fourth-order valence-electron chi connectivity index (χ4n) is 2.58. The number of hydrogen-bond donors (Lipinski definition) is 1. The van der Waals surface area contributed by atoms with Gasteiger partial charge in [0.15, 0.2) is 0 Å². The van der Waals surface area contributed by atoms with Crippen molar-refractivity contribution < 1.29 is 0 Å². The summed E-state index contributed by atoms with van der Waals surface area (Å²) in [7, 11) is 0. The Bertz CT molecular complexity index is 414. The van der Waals surface area contributed by atoms with E-state index in [0.717, 1.165) is 23.7 Å². The lowest BCUT2D eigenvalue weighted by atomic mass is 10.0. The van der Waals surface area contributed by atoms with E-state index in [2.05, 4.69) is 4.90 Å². The Morgan fingerprint density at radius 3 is 2.33 bits per heavy atom. The Morgan fingerprint density at radius 1 is 1.17 bits per heavy atom. The second-order valence-corrected chi connectivity index (χ2v) is 5.66. The zero-order valence-electron chi connectivity index (χ0n) is 10.4. The van der Waals surface area contributed by atoms with E-state index in [-0.39, 0.29) is 6.04 Å². The zero-order valence-corrected chi connectivity index (χ0v) is 12.0.